The Balaban J connectivity index is 1.93. The minimum atomic E-state index is 0.0707. The molecule has 0 radical (unpaired) electrons. The van der Waals surface area contributed by atoms with Gasteiger partial charge in [0, 0.05) is 18.0 Å². The van der Waals surface area contributed by atoms with Gasteiger partial charge in [0.1, 0.15) is 18.0 Å². The highest BCUT2D eigenvalue weighted by Crippen LogP contribution is 2.44. The molecule has 0 aromatic carbocycles. The molecular weight excluding hydrogens is 194 g/mol. The van der Waals surface area contributed by atoms with Gasteiger partial charge in [0.15, 0.2) is 0 Å². The molecule has 15 heavy (non-hydrogen) atoms. The zero-order valence-corrected chi connectivity index (χ0v) is 8.40. The van der Waals surface area contributed by atoms with Gasteiger partial charge in [0.25, 0.3) is 0 Å². The molecule has 0 atom stereocenters. The number of nitrogens with one attached hydrogen (secondary N) is 2. The first-order chi connectivity index (χ1) is 7.28. The highest BCUT2D eigenvalue weighted by molar-refractivity contribution is 5.45. The van der Waals surface area contributed by atoms with E-state index in [1.165, 1.54) is 6.33 Å². The fraction of sp³-hybridized carbons (Fsp3) is 0.556. The van der Waals surface area contributed by atoms with Crippen LogP contribution < -0.4 is 16.6 Å². The molecule has 0 bridgehead atoms. The maximum absolute atomic E-state index is 9.13. The average molecular weight is 209 g/mol. The lowest BCUT2D eigenvalue weighted by molar-refractivity contribution is 0.219. The van der Waals surface area contributed by atoms with Crippen molar-refractivity contribution in [2.45, 2.75) is 12.8 Å². The van der Waals surface area contributed by atoms with Crippen LogP contribution in [0.3, 0.4) is 0 Å². The van der Waals surface area contributed by atoms with Gasteiger partial charge in [0.05, 0.1) is 6.61 Å². The first-order valence-electron chi connectivity index (χ1n) is 4.91. The van der Waals surface area contributed by atoms with Crippen molar-refractivity contribution in [3.8, 4) is 0 Å². The summed E-state index contributed by atoms with van der Waals surface area (Å²) in [5.74, 6) is 6.52. The van der Waals surface area contributed by atoms with Gasteiger partial charge in [-0.05, 0) is 12.8 Å². The van der Waals surface area contributed by atoms with E-state index in [0.717, 1.165) is 25.2 Å². The predicted molar refractivity (Wildman–Crippen MR) is 57.1 cm³/mol. The molecule has 5 N–H and O–H groups in total. The number of aliphatic hydroxyl groups is 1. The van der Waals surface area contributed by atoms with Crippen molar-refractivity contribution in [2.75, 3.05) is 23.9 Å². The maximum Gasteiger partial charge on any atom is 0.145 e. The van der Waals surface area contributed by atoms with E-state index >= 15 is 0 Å². The van der Waals surface area contributed by atoms with Crippen LogP contribution in [0.1, 0.15) is 12.8 Å². The molecule has 0 saturated heterocycles. The zero-order valence-electron chi connectivity index (χ0n) is 8.40. The number of nitrogens with two attached hydrogens (primary N) is 1. The van der Waals surface area contributed by atoms with Gasteiger partial charge in [-0.25, -0.2) is 15.8 Å². The number of aromatic nitrogens is 2. The summed E-state index contributed by atoms with van der Waals surface area (Å²) in [4.78, 5) is 7.95. The summed E-state index contributed by atoms with van der Waals surface area (Å²) in [6, 6.07) is 1.73. The Labute approximate surface area is 87.9 Å². The van der Waals surface area contributed by atoms with Crippen molar-refractivity contribution >= 4 is 11.6 Å². The first kappa shape index (κ1) is 10.1. The van der Waals surface area contributed by atoms with E-state index < -0.39 is 0 Å². The fourth-order valence-electron chi connectivity index (χ4n) is 1.38. The Morgan fingerprint density at radius 3 is 2.73 bits per heavy atom. The van der Waals surface area contributed by atoms with Gasteiger partial charge < -0.3 is 15.8 Å². The SMILES string of the molecule is NNc1cc(NCC2(CO)CC2)ncn1. The van der Waals surface area contributed by atoms with Crippen molar-refractivity contribution in [2.24, 2.45) is 11.3 Å². The number of hydrogen-bond donors (Lipinski definition) is 4. The summed E-state index contributed by atoms with van der Waals surface area (Å²) >= 11 is 0. The third kappa shape index (κ3) is 2.34. The second-order valence-corrected chi connectivity index (χ2v) is 3.94. The van der Waals surface area contributed by atoms with Crippen molar-refractivity contribution in [1.29, 1.82) is 0 Å². The molecule has 1 fully saturated rings. The van der Waals surface area contributed by atoms with Crippen molar-refractivity contribution in [1.82, 2.24) is 9.97 Å². The summed E-state index contributed by atoms with van der Waals surface area (Å²) in [5.41, 5.74) is 2.52. The Morgan fingerprint density at radius 1 is 1.40 bits per heavy atom. The Kier molecular flexibility index (Phi) is 2.70. The quantitative estimate of drug-likeness (QED) is 0.401. The second kappa shape index (κ2) is 4.00. The molecule has 1 aliphatic rings. The van der Waals surface area contributed by atoms with Crippen molar-refractivity contribution in [3.05, 3.63) is 12.4 Å². The molecule has 1 aromatic heterocycles. The van der Waals surface area contributed by atoms with Crippen LogP contribution in [0.4, 0.5) is 11.6 Å². The average Bonchev–Trinajstić information content (AvgIpc) is 3.07. The third-order valence-electron chi connectivity index (χ3n) is 2.75. The van der Waals surface area contributed by atoms with Gasteiger partial charge in [-0.3, -0.25) is 0 Å². The van der Waals surface area contributed by atoms with Crippen LogP contribution >= 0.6 is 0 Å². The molecule has 0 spiro atoms. The highest BCUT2D eigenvalue weighted by Gasteiger charge is 2.41. The molecule has 2 rings (SSSR count). The third-order valence-corrected chi connectivity index (χ3v) is 2.75. The van der Waals surface area contributed by atoms with Crippen LogP contribution in [-0.4, -0.2) is 28.2 Å². The van der Waals surface area contributed by atoms with E-state index in [4.69, 9.17) is 10.9 Å². The van der Waals surface area contributed by atoms with Crippen molar-refractivity contribution in [3.63, 3.8) is 0 Å². The van der Waals surface area contributed by atoms with Crippen LogP contribution in [0, 0.1) is 5.41 Å². The van der Waals surface area contributed by atoms with E-state index in [1.54, 1.807) is 6.07 Å². The van der Waals surface area contributed by atoms with Crippen LogP contribution in [0.25, 0.3) is 0 Å². The smallest absolute Gasteiger partial charge is 0.145 e. The Hall–Kier alpha value is -1.40. The number of rotatable bonds is 5. The minimum absolute atomic E-state index is 0.0707. The molecule has 1 heterocycles. The second-order valence-electron chi connectivity index (χ2n) is 3.94. The summed E-state index contributed by atoms with van der Waals surface area (Å²) < 4.78 is 0. The topological polar surface area (TPSA) is 96.1 Å². The maximum atomic E-state index is 9.13. The number of anilines is 2. The molecule has 82 valence electrons. The monoisotopic (exact) mass is 209 g/mol. The van der Waals surface area contributed by atoms with E-state index in [9.17, 15) is 0 Å². The number of hydrogen-bond acceptors (Lipinski definition) is 6. The van der Waals surface area contributed by atoms with E-state index in [2.05, 4.69) is 20.7 Å². The molecule has 1 aliphatic carbocycles. The molecule has 0 amide bonds. The van der Waals surface area contributed by atoms with Gasteiger partial charge in [-0.15, -0.1) is 0 Å². The summed E-state index contributed by atoms with van der Waals surface area (Å²) in [7, 11) is 0. The minimum Gasteiger partial charge on any atom is -0.396 e. The molecule has 1 aromatic rings. The molecule has 1 saturated carbocycles. The summed E-state index contributed by atoms with van der Waals surface area (Å²) in [6.07, 6.45) is 3.59. The van der Waals surface area contributed by atoms with Gasteiger partial charge >= 0.3 is 0 Å². The van der Waals surface area contributed by atoms with E-state index in [1.807, 2.05) is 0 Å². The van der Waals surface area contributed by atoms with Crippen LogP contribution in [0.2, 0.25) is 0 Å². The molecule has 0 unspecified atom stereocenters. The standard InChI is InChI=1S/C9H15N5O/c10-14-8-3-7(12-6-13-8)11-4-9(5-15)1-2-9/h3,6,15H,1-2,4-5,10H2,(H2,11,12,13,14). The summed E-state index contributed by atoms with van der Waals surface area (Å²) in [5, 5.41) is 12.3. The highest BCUT2D eigenvalue weighted by atomic mass is 16.3. The van der Waals surface area contributed by atoms with E-state index in [-0.39, 0.29) is 12.0 Å². The van der Waals surface area contributed by atoms with Gasteiger partial charge in [-0.1, -0.05) is 0 Å². The fourth-order valence-corrected chi connectivity index (χ4v) is 1.38. The Morgan fingerprint density at radius 2 is 2.13 bits per heavy atom. The number of nitrogens with zero attached hydrogens (tertiary/aromatic N) is 2. The Bertz CT molecular complexity index is 339. The number of nitrogen functional groups attached to an aromatic ring is 1. The number of aliphatic hydroxyl groups excluding tert-OH is 1. The van der Waals surface area contributed by atoms with Crippen LogP contribution in [-0.2, 0) is 0 Å². The molecular formula is C9H15N5O. The molecule has 0 aliphatic heterocycles. The normalized spacial score (nSPS) is 17.2. The molecule has 6 nitrogen and oxygen atoms in total. The number of hydrazine groups is 1. The predicted octanol–water partition coefficient (Wildman–Crippen LogP) is -0.0534. The van der Waals surface area contributed by atoms with Crippen LogP contribution in [0.5, 0.6) is 0 Å². The summed E-state index contributed by atoms with van der Waals surface area (Å²) in [6.45, 7) is 0.970. The van der Waals surface area contributed by atoms with Crippen LogP contribution in [0.15, 0.2) is 12.4 Å². The van der Waals surface area contributed by atoms with Gasteiger partial charge in [0.2, 0.25) is 0 Å². The van der Waals surface area contributed by atoms with Crippen molar-refractivity contribution < 1.29 is 5.11 Å². The first-order valence-corrected chi connectivity index (χ1v) is 4.91. The lowest BCUT2D eigenvalue weighted by Crippen LogP contribution is -2.19. The van der Waals surface area contributed by atoms with Gasteiger partial charge in [-0.2, -0.15) is 0 Å². The molecule has 6 heteroatoms. The van der Waals surface area contributed by atoms with E-state index in [0.29, 0.717) is 5.82 Å². The zero-order chi connectivity index (χ0) is 10.7. The largest absolute Gasteiger partial charge is 0.396 e. The lowest BCUT2D eigenvalue weighted by atomic mass is 10.1. The lowest BCUT2D eigenvalue weighted by Gasteiger charge is -2.13.